The van der Waals surface area contributed by atoms with Crippen LogP contribution >= 0.6 is 0 Å². The van der Waals surface area contributed by atoms with Crippen LogP contribution in [0.1, 0.15) is 59.3 Å². The summed E-state index contributed by atoms with van der Waals surface area (Å²) in [5, 5.41) is 51.3. The Balaban J connectivity index is 1.37. The van der Waals surface area contributed by atoms with Crippen molar-refractivity contribution < 1.29 is 44.5 Å². The van der Waals surface area contributed by atoms with Crippen LogP contribution in [0.2, 0.25) is 0 Å². The molecular formula is C26H38O9. The molecule has 0 radical (unpaired) electrons. The molecule has 0 aromatic heterocycles. The van der Waals surface area contributed by atoms with Gasteiger partial charge in [0.2, 0.25) is 0 Å². The molecule has 0 unspecified atom stereocenters. The number of aliphatic hydroxyl groups is 5. The van der Waals surface area contributed by atoms with Crippen molar-refractivity contribution in [1.82, 2.24) is 0 Å². The maximum atomic E-state index is 12.2. The molecule has 2 aliphatic heterocycles. The zero-order chi connectivity index (χ0) is 25.3. The second-order valence-electron chi connectivity index (χ2n) is 11.6. The molecule has 1 saturated carbocycles. The van der Waals surface area contributed by atoms with E-state index in [-0.39, 0.29) is 29.3 Å². The lowest BCUT2D eigenvalue weighted by molar-refractivity contribution is -0.308. The molecule has 0 spiro atoms. The largest absolute Gasteiger partial charge is 0.454 e. The van der Waals surface area contributed by atoms with Crippen molar-refractivity contribution in [1.29, 1.82) is 0 Å². The van der Waals surface area contributed by atoms with Gasteiger partial charge in [-0.3, -0.25) is 0 Å². The van der Waals surface area contributed by atoms with Gasteiger partial charge in [-0.05, 0) is 54.9 Å². The van der Waals surface area contributed by atoms with Crippen molar-refractivity contribution in [2.45, 2.75) is 102 Å². The zero-order valence-electron chi connectivity index (χ0n) is 20.6. The number of carbonyl (C=O) groups excluding carboxylic acids is 1. The first kappa shape index (κ1) is 25.3. The zero-order valence-corrected chi connectivity index (χ0v) is 20.6. The van der Waals surface area contributed by atoms with Gasteiger partial charge in [0.25, 0.3) is 0 Å². The topological polar surface area (TPSA) is 146 Å². The third kappa shape index (κ3) is 3.82. The third-order valence-electron chi connectivity index (χ3n) is 9.61. The van der Waals surface area contributed by atoms with Crippen LogP contribution in [0, 0.1) is 16.7 Å². The summed E-state index contributed by atoms with van der Waals surface area (Å²) in [6, 6.07) is 0. The number of hydrogen-bond acceptors (Lipinski definition) is 9. The van der Waals surface area contributed by atoms with Gasteiger partial charge in [-0.2, -0.15) is 0 Å². The Bertz CT molecular complexity index is 941. The van der Waals surface area contributed by atoms with E-state index in [0.29, 0.717) is 12.0 Å². The minimum atomic E-state index is -1.47. The van der Waals surface area contributed by atoms with E-state index in [9.17, 15) is 30.3 Å². The minimum absolute atomic E-state index is 0.186. The van der Waals surface area contributed by atoms with Crippen LogP contribution in [0.25, 0.3) is 0 Å². The molecule has 0 bridgehead atoms. The van der Waals surface area contributed by atoms with Gasteiger partial charge >= 0.3 is 5.97 Å². The van der Waals surface area contributed by atoms with Crippen LogP contribution in [0.15, 0.2) is 22.3 Å². The molecule has 9 nitrogen and oxygen atoms in total. The SMILES string of the molecule is CC1=C2[C@@H](O)C3=C(C[C@H]2OC1=O)[C@]1(C)CCC[C@@](C)(CO[C@@H]2O[C@@H](CO)[C@@H](O)[C@H](O)[C@@H]2O)[C@H]1CC3. The molecule has 0 aromatic carbocycles. The predicted molar refractivity (Wildman–Crippen MR) is 123 cm³/mol. The normalized spacial score (nSPS) is 47.8. The third-order valence-corrected chi connectivity index (χ3v) is 9.61. The predicted octanol–water partition coefficient (Wildman–Crippen LogP) is 0.712. The molecule has 5 rings (SSSR count). The highest BCUT2D eigenvalue weighted by Crippen LogP contribution is 2.62. The number of esters is 1. The number of rotatable bonds is 4. The van der Waals surface area contributed by atoms with Crippen LogP contribution in [0.5, 0.6) is 0 Å². The molecule has 35 heavy (non-hydrogen) atoms. The van der Waals surface area contributed by atoms with Gasteiger partial charge < -0.3 is 39.7 Å². The highest BCUT2D eigenvalue weighted by molar-refractivity contribution is 5.92. The fourth-order valence-corrected chi connectivity index (χ4v) is 7.69. The van der Waals surface area contributed by atoms with E-state index in [0.717, 1.165) is 43.3 Å². The van der Waals surface area contributed by atoms with Crippen LogP contribution < -0.4 is 0 Å². The van der Waals surface area contributed by atoms with Crippen molar-refractivity contribution in [3.05, 3.63) is 22.3 Å². The average Bonchev–Trinajstić information content (AvgIpc) is 3.11. The second-order valence-corrected chi connectivity index (χ2v) is 11.6. The van der Waals surface area contributed by atoms with Gasteiger partial charge in [0.1, 0.15) is 36.6 Å². The van der Waals surface area contributed by atoms with Gasteiger partial charge in [-0.25, -0.2) is 4.79 Å². The van der Waals surface area contributed by atoms with Crippen molar-refractivity contribution in [3.63, 3.8) is 0 Å². The van der Waals surface area contributed by atoms with E-state index in [1.807, 2.05) is 0 Å². The van der Waals surface area contributed by atoms with E-state index >= 15 is 0 Å². The molecule has 1 saturated heterocycles. The summed E-state index contributed by atoms with van der Waals surface area (Å²) in [5.41, 5.74) is 3.05. The maximum absolute atomic E-state index is 12.2. The summed E-state index contributed by atoms with van der Waals surface area (Å²) >= 11 is 0. The van der Waals surface area contributed by atoms with Crippen LogP contribution in [0.3, 0.4) is 0 Å². The van der Waals surface area contributed by atoms with Crippen molar-refractivity contribution in [3.8, 4) is 0 Å². The summed E-state index contributed by atoms with van der Waals surface area (Å²) in [7, 11) is 0. The summed E-state index contributed by atoms with van der Waals surface area (Å²) in [5.74, 6) is -0.102. The second kappa shape index (κ2) is 8.90. The first-order chi connectivity index (χ1) is 16.5. The highest BCUT2D eigenvalue weighted by atomic mass is 16.7. The molecule has 2 fully saturated rings. The number of hydrogen-bond donors (Lipinski definition) is 5. The Labute approximate surface area is 205 Å². The number of carbonyl (C=O) groups is 1. The summed E-state index contributed by atoms with van der Waals surface area (Å²) in [6.45, 7) is 5.94. The molecule has 5 N–H and O–H groups in total. The van der Waals surface area contributed by atoms with E-state index < -0.39 is 49.5 Å². The minimum Gasteiger partial charge on any atom is -0.454 e. The lowest BCUT2D eigenvalue weighted by Gasteiger charge is -2.58. The molecule has 0 amide bonds. The molecule has 0 aromatic rings. The van der Waals surface area contributed by atoms with Gasteiger partial charge in [0.15, 0.2) is 6.29 Å². The van der Waals surface area contributed by atoms with Crippen LogP contribution in [-0.2, 0) is 19.0 Å². The van der Waals surface area contributed by atoms with Gasteiger partial charge in [0.05, 0.1) is 13.2 Å². The van der Waals surface area contributed by atoms with E-state index in [1.165, 1.54) is 5.57 Å². The lowest BCUT2D eigenvalue weighted by Crippen LogP contribution is -2.60. The molecular weight excluding hydrogens is 456 g/mol. The Morgan fingerprint density at radius 1 is 1.09 bits per heavy atom. The number of fused-ring (bicyclic) bond motifs is 3. The molecule has 9 heteroatoms. The molecule has 3 aliphatic carbocycles. The van der Waals surface area contributed by atoms with Crippen molar-refractivity contribution >= 4 is 5.97 Å². The standard InChI is InChI=1S/C26H38O9/c1-12-18-15(34-23(12)32)9-14-13(19(18)28)5-6-17-25(2,7-4-8-26(14,17)3)11-33-24-22(31)21(30)20(29)16(10-27)35-24/h15-17,19-22,24,27-31H,4-11H2,1-3H3/t15-,16+,17-,19+,20-,21+,22+,24-,25+,26+/m1/s1. The Kier molecular flexibility index (Phi) is 6.44. The van der Waals surface area contributed by atoms with E-state index in [2.05, 4.69) is 13.8 Å². The Morgan fingerprint density at radius 2 is 1.83 bits per heavy atom. The van der Waals surface area contributed by atoms with Gasteiger partial charge in [0, 0.05) is 17.6 Å². The molecule has 10 atom stereocenters. The van der Waals surface area contributed by atoms with Crippen LogP contribution in [0.4, 0.5) is 0 Å². The molecule has 5 aliphatic rings. The number of aliphatic hydroxyl groups excluding tert-OH is 5. The summed E-state index contributed by atoms with van der Waals surface area (Å²) in [6.07, 6.45) is -2.58. The highest BCUT2D eigenvalue weighted by Gasteiger charge is 2.56. The average molecular weight is 495 g/mol. The number of ether oxygens (including phenoxy) is 3. The summed E-state index contributed by atoms with van der Waals surface area (Å²) in [4.78, 5) is 12.2. The van der Waals surface area contributed by atoms with Crippen molar-refractivity contribution in [2.24, 2.45) is 16.7 Å². The van der Waals surface area contributed by atoms with Gasteiger partial charge in [-0.1, -0.05) is 25.8 Å². The van der Waals surface area contributed by atoms with Gasteiger partial charge in [-0.15, -0.1) is 0 Å². The fraction of sp³-hybridized carbons (Fsp3) is 0.808. The molecule has 196 valence electrons. The monoisotopic (exact) mass is 494 g/mol. The quantitative estimate of drug-likeness (QED) is 0.282. The molecule has 2 heterocycles. The maximum Gasteiger partial charge on any atom is 0.334 e. The Hall–Kier alpha value is -1.33. The fourth-order valence-electron chi connectivity index (χ4n) is 7.69. The summed E-state index contributed by atoms with van der Waals surface area (Å²) < 4.78 is 17.2. The first-order valence-electron chi connectivity index (χ1n) is 12.8. The van der Waals surface area contributed by atoms with E-state index in [4.69, 9.17) is 14.2 Å². The lowest BCUT2D eigenvalue weighted by atomic mass is 9.48. The van der Waals surface area contributed by atoms with Crippen LogP contribution in [-0.4, -0.2) is 87.6 Å². The van der Waals surface area contributed by atoms with Crippen molar-refractivity contribution in [2.75, 3.05) is 13.2 Å². The first-order valence-corrected chi connectivity index (χ1v) is 12.8. The van der Waals surface area contributed by atoms with E-state index in [1.54, 1.807) is 6.92 Å². The smallest absolute Gasteiger partial charge is 0.334 e. The Morgan fingerprint density at radius 3 is 2.54 bits per heavy atom.